The summed E-state index contributed by atoms with van der Waals surface area (Å²) in [5.74, 6) is 2.32. The van der Waals surface area contributed by atoms with E-state index < -0.39 is 0 Å². The van der Waals surface area contributed by atoms with E-state index in [2.05, 4.69) is 26.0 Å². The molecule has 0 saturated carbocycles. The zero-order valence-electron chi connectivity index (χ0n) is 8.84. The van der Waals surface area contributed by atoms with Gasteiger partial charge in [0.25, 0.3) is 0 Å². The summed E-state index contributed by atoms with van der Waals surface area (Å²) in [6, 6.07) is 4.66. The van der Waals surface area contributed by atoms with E-state index >= 15 is 0 Å². The highest BCUT2D eigenvalue weighted by molar-refractivity contribution is 7.98. The summed E-state index contributed by atoms with van der Waals surface area (Å²) in [7, 11) is 0. The van der Waals surface area contributed by atoms with Gasteiger partial charge in [-0.2, -0.15) is 11.8 Å². The molecule has 0 aliphatic carbocycles. The molecule has 0 fully saturated rings. The third-order valence-electron chi connectivity index (χ3n) is 3.00. The Labute approximate surface area is 90.1 Å². The number of fused-ring (bicyclic) bond motifs is 1. The van der Waals surface area contributed by atoms with Gasteiger partial charge in [-0.1, -0.05) is 12.1 Å². The summed E-state index contributed by atoms with van der Waals surface area (Å²) in [4.78, 5) is 0. The fourth-order valence-corrected chi connectivity index (χ4v) is 3.28. The van der Waals surface area contributed by atoms with Crippen LogP contribution in [0.2, 0.25) is 0 Å². The molecule has 2 N–H and O–H groups in total. The van der Waals surface area contributed by atoms with Crippen molar-refractivity contribution in [2.75, 3.05) is 5.75 Å². The second-order valence-corrected chi connectivity index (χ2v) is 5.14. The fourth-order valence-electron chi connectivity index (χ4n) is 2.13. The number of thioether (sulfide) groups is 1. The lowest BCUT2D eigenvalue weighted by atomic mass is 9.92. The predicted octanol–water partition coefficient (Wildman–Crippen LogP) is 2.94. The first-order valence-corrected chi connectivity index (χ1v) is 6.28. The monoisotopic (exact) mass is 207 g/mol. The zero-order valence-corrected chi connectivity index (χ0v) is 9.66. The Morgan fingerprint density at radius 3 is 2.79 bits per heavy atom. The van der Waals surface area contributed by atoms with Crippen LogP contribution in [0.1, 0.15) is 34.7 Å². The second kappa shape index (κ2) is 3.95. The molecule has 1 unspecified atom stereocenters. The van der Waals surface area contributed by atoms with E-state index in [1.807, 2.05) is 11.8 Å². The minimum absolute atomic E-state index is 0.250. The lowest BCUT2D eigenvalue weighted by Gasteiger charge is -2.17. The average Bonchev–Trinajstić information content (AvgIpc) is 2.35. The fraction of sp³-hybridized carbons (Fsp3) is 0.500. The van der Waals surface area contributed by atoms with Crippen molar-refractivity contribution in [2.24, 2.45) is 5.73 Å². The van der Waals surface area contributed by atoms with Gasteiger partial charge in [0, 0.05) is 11.8 Å². The van der Waals surface area contributed by atoms with Gasteiger partial charge in [0.2, 0.25) is 0 Å². The average molecular weight is 207 g/mol. The van der Waals surface area contributed by atoms with Crippen molar-refractivity contribution in [2.45, 2.75) is 32.1 Å². The first kappa shape index (κ1) is 10.1. The maximum Gasteiger partial charge on any atom is 0.0308 e. The first-order chi connectivity index (χ1) is 6.70. The molecule has 1 nitrogen and oxygen atoms in total. The molecular formula is C12H17NS. The van der Waals surface area contributed by atoms with E-state index in [-0.39, 0.29) is 6.04 Å². The predicted molar refractivity (Wildman–Crippen MR) is 63.6 cm³/mol. The molecule has 14 heavy (non-hydrogen) atoms. The van der Waals surface area contributed by atoms with E-state index in [0.29, 0.717) is 0 Å². The van der Waals surface area contributed by atoms with E-state index in [0.717, 1.165) is 12.2 Å². The minimum atomic E-state index is 0.250. The van der Waals surface area contributed by atoms with Crippen LogP contribution in [0.3, 0.4) is 0 Å². The third kappa shape index (κ3) is 1.69. The van der Waals surface area contributed by atoms with Gasteiger partial charge in [-0.05, 0) is 48.3 Å². The number of benzene rings is 1. The Morgan fingerprint density at radius 2 is 2.00 bits per heavy atom. The molecule has 1 aromatic rings. The summed E-state index contributed by atoms with van der Waals surface area (Å²) < 4.78 is 0. The van der Waals surface area contributed by atoms with Crippen molar-refractivity contribution >= 4 is 11.8 Å². The highest BCUT2D eigenvalue weighted by atomic mass is 32.2. The van der Waals surface area contributed by atoms with Gasteiger partial charge in [-0.25, -0.2) is 0 Å². The summed E-state index contributed by atoms with van der Waals surface area (Å²) in [5, 5.41) is 0. The Balaban J connectivity index is 2.57. The number of hydrogen-bond acceptors (Lipinski definition) is 2. The van der Waals surface area contributed by atoms with Crippen LogP contribution in [-0.2, 0) is 5.75 Å². The molecule has 0 radical (unpaired) electrons. The summed E-state index contributed by atoms with van der Waals surface area (Å²) in [6.07, 6.45) is 1.11. The number of nitrogens with two attached hydrogens (primary N) is 1. The van der Waals surface area contributed by atoms with Crippen molar-refractivity contribution in [1.82, 2.24) is 0 Å². The van der Waals surface area contributed by atoms with E-state index in [1.165, 1.54) is 28.0 Å². The Morgan fingerprint density at radius 1 is 1.29 bits per heavy atom. The molecule has 0 aromatic heterocycles. The molecule has 76 valence electrons. The lowest BCUT2D eigenvalue weighted by Crippen LogP contribution is -2.13. The molecule has 2 heteroatoms. The number of hydrogen-bond donors (Lipinski definition) is 1. The molecule has 1 aromatic carbocycles. The van der Waals surface area contributed by atoms with Crippen molar-refractivity contribution in [3.8, 4) is 0 Å². The highest BCUT2D eigenvalue weighted by Gasteiger charge is 2.18. The molecule has 0 amide bonds. The maximum atomic E-state index is 6.20. The van der Waals surface area contributed by atoms with Crippen molar-refractivity contribution in [3.05, 3.63) is 34.4 Å². The Hall–Kier alpha value is -0.470. The van der Waals surface area contributed by atoms with Crippen LogP contribution in [0, 0.1) is 13.8 Å². The second-order valence-electron chi connectivity index (χ2n) is 4.04. The van der Waals surface area contributed by atoms with Crippen LogP contribution >= 0.6 is 11.8 Å². The van der Waals surface area contributed by atoms with Crippen LogP contribution in [0.15, 0.2) is 12.1 Å². The molecule has 1 heterocycles. The van der Waals surface area contributed by atoms with Crippen molar-refractivity contribution in [1.29, 1.82) is 0 Å². The van der Waals surface area contributed by atoms with Crippen LogP contribution in [0.25, 0.3) is 0 Å². The summed E-state index contributed by atoms with van der Waals surface area (Å²) in [6.45, 7) is 4.37. The third-order valence-corrected chi connectivity index (χ3v) is 4.02. The SMILES string of the molecule is Cc1ccc(C)c2c1CSCCC2N. The normalized spacial score (nSPS) is 21.5. The van der Waals surface area contributed by atoms with Gasteiger partial charge in [0.1, 0.15) is 0 Å². The van der Waals surface area contributed by atoms with Crippen LogP contribution in [0.5, 0.6) is 0 Å². The standard InChI is InChI=1S/C12H17NS/c1-8-3-4-9(2)12-10(8)7-14-6-5-11(12)13/h3-4,11H,5-7,13H2,1-2H3. The Bertz CT molecular complexity index is 346. The number of aryl methyl sites for hydroxylation is 2. The van der Waals surface area contributed by atoms with Gasteiger partial charge in [-0.3, -0.25) is 0 Å². The van der Waals surface area contributed by atoms with Crippen LogP contribution < -0.4 is 5.73 Å². The maximum absolute atomic E-state index is 6.20. The molecular weight excluding hydrogens is 190 g/mol. The Kier molecular flexibility index (Phi) is 2.84. The molecule has 0 saturated heterocycles. The van der Waals surface area contributed by atoms with Gasteiger partial charge in [0.15, 0.2) is 0 Å². The first-order valence-electron chi connectivity index (χ1n) is 5.12. The van der Waals surface area contributed by atoms with Crippen molar-refractivity contribution < 1.29 is 0 Å². The van der Waals surface area contributed by atoms with Gasteiger partial charge < -0.3 is 5.73 Å². The molecule has 1 aliphatic rings. The largest absolute Gasteiger partial charge is 0.324 e. The molecule has 1 atom stereocenters. The molecule has 0 bridgehead atoms. The van der Waals surface area contributed by atoms with Crippen LogP contribution in [0.4, 0.5) is 0 Å². The van der Waals surface area contributed by atoms with Gasteiger partial charge >= 0.3 is 0 Å². The quantitative estimate of drug-likeness (QED) is 0.708. The molecule has 2 rings (SSSR count). The van der Waals surface area contributed by atoms with E-state index in [1.54, 1.807) is 0 Å². The van der Waals surface area contributed by atoms with Gasteiger partial charge in [0.05, 0.1) is 0 Å². The smallest absolute Gasteiger partial charge is 0.0308 e. The minimum Gasteiger partial charge on any atom is -0.324 e. The van der Waals surface area contributed by atoms with E-state index in [4.69, 9.17) is 5.73 Å². The summed E-state index contributed by atoms with van der Waals surface area (Å²) >= 11 is 2.01. The highest BCUT2D eigenvalue weighted by Crippen LogP contribution is 2.33. The number of rotatable bonds is 0. The topological polar surface area (TPSA) is 26.0 Å². The van der Waals surface area contributed by atoms with Gasteiger partial charge in [-0.15, -0.1) is 0 Å². The van der Waals surface area contributed by atoms with E-state index in [9.17, 15) is 0 Å². The lowest BCUT2D eigenvalue weighted by molar-refractivity contribution is 0.699. The molecule has 0 spiro atoms. The van der Waals surface area contributed by atoms with Crippen molar-refractivity contribution in [3.63, 3.8) is 0 Å². The van der Waals surface area contributed by atoms with Crippen LogP contribution in [-0.4, -0.2) is 5.75 Å². The zero-order chi connectivity index (χ0) is 10.1. The molecule has 1 aliphatic heterocycles. The summed E-state index contributed by atoms with van der Waals surface area (Å²) in [5.41, 5.74) is 11.9.